The molecule has 0 unspecified atom stereocenters. The average molecular weight is 276 g/mol. The molecule has 0 heterocycles. The minimum atomic E-state index is -1.16. The van der Waals surface area contributed by atoms with Crippen LogP contribution in [0, 0.1) is 5.82 Å². The van der Waals surface area contributed by atoms with E-state index in [1.807, 2.05) is 18.2 Å². The first-order chi connectivity index (χ1) is 9.66. The highest BCUT2D eigenvalue weighted by Crippen LogP contribution is 2.20. The third-order valence-corrected chi connectivity index (χ3v) is 2.53. The van der Waals surface area contributed by atoms with E-state index < -0.39 is 11.8 Å². The van der Waals surface area contributed by atoms with Crippen LogP contribution in [0.3, 0.4) is 0 Å². The summed E-state index contributed by atoms with van der Waals surface area (Å²) in [7, 11) is 0. The Kier molecular flexibility index (Phi) is 4.55. The number of carboxylic acid groups (broad SMARTS) is 1. The highest BCUT2D eigenvalue weighted by molar-refractivity contribution is 5.90. The fourth-order valence-corrected chi connectivity index (χ4v) is 1.62. The number of carboxylic acids is 1. The van der Waals surface area contributed by atoms with Crippen LogP contribution in [0.15, 0.2) is 48.5 Å². The SMILES string of the molecule is O=C(O)c1ccc(F)cc1OCCOc1ccccc1. The van der Waals surface area contributed by atoms with Gasteiger partial charge in [0.2, 0.25) is 0 Å². The van der Waals surface area contributed by atoms with Crippen LogP contribution < -0.4 is 9.47 Å². The Morgan fingerprint density at radius 2 is 1.75 bits per heavy atom. The molecule has 0 aromatic heterocycles. The molecule has 0 spiro atoms. The van der Waals surface area contributed by atoms with E-state index >= 15 is 0 Å². The smallest absolute Gasteiger partial charge is 0.339 e. The molecule has 0 aliphatic heterocycles. The van der Waals surface area contributed by atoms with Crippen molar-refractivity contribution < 1.29 is 23.8 Å². The van der Waals surface area contributed by atoms with Gasteiger partial charge < -0.3 is 14.6 Å². The molecular formula is C15H13FO4. The summed E-state index contributed by atoms with van der Waals surface area (Å²) in [6, 6.07) is 12.4. The monoisotopic (exact) mass is 276 g/mol. The van der Waals surface area contributed by atoms with E-state index in [9.17, 15) is 9.18 Å². The van der Waals surface area contributed by atoms with Crippen molar-refractivity contribution in [2.24, 2.45) is 0 Å². The lowest BCUT2D eigenvalue weighted by molar-refractivity contribution is 0.0691. The summed E-state index contributed by atoms with van der Waals surface area (Å²) in [6.07, 6.45) is 0. The molecule has 0 atom stereocenters. The molecular weight excluding hydrogens is 263 g/mol. The first-order valence-electron chi connectivity index (χ1n) is 6.00. The van der Waals surface area contributed by atoms with E-state index in [-0.39, 0.29) is 24.5 Å². The molecule has 1 N–H and O–H groups in total. The number of hydrogen-bond acceptors (Lipinski definition) is 3. The number of aromatic carboxylic acids is 1. The Hall–Kier alpha value is -2.56. The van der Waals surface area contributed by atoms with Crippen LogP contribution in [0.1, 0.15) is 10.4 Å². The van der Waals surface area contributed by atoms with Gasteiger partial charge in [-0.3, -0.25) is 0 Å². The summed E-state index contributed by atoms with van der Waals surface area (Å²) in [5.74, 6) is -1.03. The van der Waals surface area contributed by atoms with Gasteiger partial charge in [-0.2, -0.15) is 0 Å². The Morgan fingerprint density at radius 1 is 1.05 bits per heavy atom. The van der Waals surface area contributed by atoms with E-state index in [2.05, 4.69) is 0 Å². The molecule has 0 saturated carbocycles. The maximum atomic E-state index is 13.1. The Balaban J connectivity index is 1.91. The first kappa shape index (κ1) is 13.9. The zero-order chi connectivity index (χ0) is 14.4. The Labute approximate surface area is 115 Å². The van der Waals surface area contributed by atoms with Gasteiger partial charge in [0.1, 0.15) is 36.1 Å². The van der Waals surface area contributed by atoms with Gasteiger partial charge >= 0.3 is 5.97 Å². The number of carbonyl (C=O) groups is 1. The minimum Gasteiger partial charge on any atom is -0.490 e. The number of hydrogen-bond donors (Lipinski definition) is 1. The van der Waals surface area contributed by atoms with Crippen molar-refractivity contribution in [2.45, 2.75) is 0 Å². The zero-order valence-corrected chi connectivity index (χ0v) is 10.6. The van der Waals surface area contributed by atoms with Crippen LogP contribution in [0.4, 0.5) is 4.39 Å². The molecule has 2 aromatic rings. The minimum absolute atomic E-state index is 0.00541. The summed E-state index contributed by atoms with van der Waals surface area (Å²) < 4.78 is 23.7. The number of rotatable bonds is 6. The van der Waals surface area contributed by atoms with Crippen LogP contribution >= 0.6 is 0 Å². The highest BCUT2D eigenvalue weighted by Gasteiger charge is 2.12. The number of ether oxygens (including phenoxy) is 2. The van der Waals surface area contributed by atoms with Crippen molar-refractivity contribution in [1.82, 2.24) is 0 Å². The fourth-order valence-electron chi connectivity index (χ4n) is 1.62. The van der Waals surface area contributed by atoms with Crippen molar-refractivity contribution >= 4 is 5.97 Å². The predicted molar refractivity (Wildman–Crippen MR) is 70.8 cm³/mol. The number of benzene rings is 2. The van der Waals surface area contributed by atoms with E-state index in [0.717, 1.165) is 12.1 Å². The van der Waals surface area contributed by atoms with Crippen molar-refractivity contribution in [3.05, 3.63) is 59.9 Å². The van der Waals surface area contributed by atoms with Crippen molar-refractivity contribution in [3.8, 4) is 11.5 Å². The lowest BCUT2D eigenvalue weighted by Crippen LogP contribution is -2.11. The third kappa shape index (κ3) is 3.71. The van der Waals surface area contributed by atoms with Gasteiger partial charge in [0.05, 0.1) is 0 Å². The van der Waals surface area contributed by atoms with Crippen molar-refractivity contribution in [2.75, 3.05) is 13.2 Å². The molecule has 20 heavy (non-hydrogen) atoms. The molecule has 4 nitrogen and oxygen atoms in total. The van der Waals surface area contributed by atoms with Crippen LogP contribution in [0.5, 0.6) is 11.5 Å². The maximum Gasteiger partial charge on any atom is 0.339 e. The molecule has 0 aliphatic carbocycles. The second-order valence-electron chi connectivity index (χ2n) is 3.96. The first-order valence-corrected chi connectivity index (χ1v) is 6.00. The molecule has 0 radical (unpaired) electrons. The maximum absolute atomic E-state index is 13.1. The lowest BCUT2D eigenvalue weighted by Gasteiger charge is -2.10. The molecule has 0 fully saturated rings. The topological polar surface area (TPSA) is 55.8 Å². The molecule has 2 aromatic carbocycles. The number of halogens is 1. The van der Waals surface area contributed by atoms with Crippen LogP contribution in [0.25, 0.3) is 0 Å². The molecule has 0 aliphatic rings. The summed E-state index contributed by atoms with van der Waals surface area (Å²) in [4.78, 5) is 11.0. The molecule has 2 rings (SSSR count). The van der Waals surface area contributed by atoms with Crippen molar-refractivity contribution in [3.63, 3.8) is 0 Å². The average Bonchev–Trinajstić information content (AvgIpc) is 2.44. The van der Waals surface area contributed by atoms with Gasteiger partial charge in [-0.15, -0.1) is 0 Å². The molecule has 104 valence electrons. The van der Waals surface area contributed by atoms with E-state index in [1.54, 1.807) is 12.1 Å². The van der Waals surface area contributed by atoms with Crippen LogP contribution in [-0.2, 0) is 0 Å². The second kappa shape index (κ2) is 6.56. The van der Waals surface area contributed by atoms with Gasteiger partial charge in [-0.05, 0) is 24.3 Å². The molecule has 0 amide bonds. The Morgan fingerprint density at radius 3 is 2.45 bits per heavy atom. The summed E-state index contributed by atoms with van der Waals surface area (Å²) >= 11 is 0. The lowest BCUT2D eigenvalue weighted by atomic mass is 10.2. The Bertz CT molecular complexity index is 584. The van der Waals surface area contributed by atoms with E-state index in [1.165, 1.54) is 6.07 Å². The van der Waals surface area contributed by atoms with Crippen LogP contribution in [0.2, 0.25) is 0 Å². The quantitative estimate of drug-likeness (QED) is 0.824. The second-order valence-corrected chi connectivity index (χ2v) is 3.96. The highest BCUT2D eigenvalue weighted by atomic mass is 19.1. The van der Waals surface area contributed by atoms with E-state index in [4.69, 9.17) is 14.6 Å². The van der Waals surface area contributed by atoms with Gasteiger partial charge in [0, 0.05) is 6.07 Å². The molecule has 0 saturated heterocycles. The predicted octanol–water partition coefficient (Wildman–Crippen LogP) is 2.98. The summed E-state index contributed by atoms with van der Waals surface area (Å²) in [5, 5.41) is 8.96. The molecule has 0 bridgehead atoms. The largest absolute Gasteiger partial charge is 0.490 e. The third-order valence-electron chi connectivity index (χ3n) is 2.53. The van der Waals surface area contributed by atoms with Gasteiger partial charge in [-0.1, -0.05) is 18.2 Å². The fraction of sp³-hybridized carbons (Fsp3) is 0.133. The normalized spacial score (nSPS) is 10.1. The summed E-state index contributed by atoms with van der Waals surface area (Å²) in [5.41, 5.74) is -0.0777. The van der Waals surface area contributed by atoms with Gasteiger partial charge in [0.15, 0.2) is 0 Å². The standard InChI is InChI=1S/C15H13FO4/c16-11-6-7-13(15(17)18)14(10-11)20-9-8-19-12-4-2-1-3-5-12/h1-7,10H,8-9H2,(H,17,18). The van der Waals surface area contributed by atoms with Gasteiger partial charge in [-0.25, -0.2) is 9.18 Å². The van der Waals surface area contributed by atoms with Crippen LogP contribution in [-0.4, -0.2) is 24.3 Å². The van der Waals surface area contributed by atoms with E-state index in [0.29, 0.717) is 5.75 Å². The number of para-hydroxylation sites is 1. The summed E-state index contributed by atoms with van der Waals surface area (Å²) in [6.45, 7) is 0.359. The molecule has 5 heteroatoms. The van der Waals surface area contributed by atoms with Gasteiger partial charge in [0.25, 0.3) is 0 Å². The zero-order valence-electron chi connectivity index (χ0n) is 10.6. The van der Waals surface area contributed by atoms with Crippen molar-refractivity contribution in [1.29, 1.82) is 0 Å².